The van der Waals surface area contributed by atoms with Gasteiger partial charge in [0.05, 0.1) is 5.69 Å². The molecule has 0 aliphatic carbocycles. The molecule has 0 amide bonds. The monoisotopic (exact) mass is 369 g/mol. The van der Waals surface area contributed by atoms with Crippen molar-refractivity contribution in [2.75, 3.05) is 10.6 Å². The number of nitrogens with zero attached hydrogens (tertiary/aromatic N) is 3. The number of aromatic nitrogens is 3. The Morgan fingerprint density at radius 1 is 1.04 bits per heavy atom. The Bertz CT molecular complexity index is 792. The lowest BCUT2D eigenvalue weighted by atomic mass is 10.3. The molecule has 5 nitrogen and oxygen atoms in total. The lowest BCUT2D eigenvalue weighted by Gasteiger charge is -2.11. The van der Waals surface area contributed by atoms with Crippen molar-refractivity contribution in [3.8, 4) is 0 Å². The SMILES string of the molecule is Cc1nc(NCc2cccnc2)cc(Nc2ccccc2Br)n1. The number of nitrogens with one attached hydrogen (secondary N) is 2. The highest BCUT2D eigenvalue weighted by molar-refractivity contribution is 9.10. The highest BCUT2D eigenvalue weighted by Gasteiger charge is 2.04. The van der Waals surface area contributed by atoms with Crippen LogP contribution in [0.4, 0.5) is 17.3 Å². The van der Waals surface area contributed by atoms with E-state index in [1.165, 1.54) is 0 Å². The van der Waals surface area contributed by atoms with E-state index in [-0.39, 0.29) is 0 Å². The Morgan fingerprint density at radius 3 is 2.65 bits per heavy atom. The van der Waals surface area contributed by atoms with Crippen LogP contribution in [0.1, 0.15) is 11.4 Å². The summed E-state index contributed by atoms with van der Waals surface area (Å²) in [6.07, 6.45) is 3.60. The second-order valence-electron chi connectivity index (χ2n) is 5.01. The molecule has 0 bridgehead atoms. The van der Waals surface area contributed by atoms with Crippen molar-refractivity contribution >= 4 is 33.3 Å². The van der Waals surface area contributed by atoms with Crippen LogP contribution in [0.25, 0.3) is 0 Å². The van der Waals surface area contributed by atoms with Gasteiger partial charge in [0, 0.05) is 29.5 Å². The van der Waals surface area contributed by atoms with Gasteiger partial charge in [-0.15, -0.1) is 0 Å². The molecule has 0 spiro atoms. The van der Waals surface area contributed by atoms with E-state index < -0.39 is 0 Å². The number of anilines is 3. The summed E-state index contributed by atoms with van der Waals surface area (Å²) in [6, 6.07) is 13.8. The van der Waals surface area contributed by atoms with Crippen LogP contribution in [-0.2, 0) is 6.54 Å². The lowest BCUT2D eigenvalue weighted by Crippen LogP contribution is -2.05. The summed E-state index contributed by atoms with van der Waals surface area (Å²) in [4.78, 5) is 13.0. The fourth-order valence-corrected chi connectivity index (χ4v) is 2.50. The van der Waals surface area contributed by atoms with Crippen molar-refractivity contribution < 1.29 is 0 Å². The topological polar surface area (TPSA) is 62.7 Å². The first-order valence-electron chi connectivity index (χ1n) is 7.21. The maximum absolute atomic E-state index is 4.43. The van der Waals surface area contributed by atoms with Crippen molar-refractivity contribution in [2.24, 2.45) is 0 Å². The fraction of sp³-hybridized carbons (Fsp3) is 0.118. The normalized spacial score (nSPS) is 10.3. The number of halogens is 1. The van der Waals surface area contributed by atoms with Gasteiger partial charge in [-0.3, -0.25) is 4.98 Å². The van der Waals surface area contributed by atoms with Gasteiger partial charge in [0.1, 0.15) is 17.5 Å². The third-order valence-corrected chi connectivity index (χ3v) is 3.86. The number of para-hydroxylation sites is 1. The summed E-state index contributed by atoms with van der Waals surface area (Å²) in [6.45, 7) is 2.54. The first-order valence-corrected chi connectivity index (χ1v) is 8.00. The van der Waals surface area contributed by atoms with E-state index in [1.807, 2.05) is 55.6 Å². The molecule has 3 aromatic rings. The zero-order chi connectivity index (χ0) is 16.1. The minimum absolute atomic E-state index is 0.665. The molecule has 23 heavy (non-hydrogen) atoms. The molecule has 2 N–H and O–H groups in total. The average Bonchev–Trinajstić information content (AvgIpc) is 2.56. The molecule has 0 atom stereocenters. The molecular formula is C17H16BrN5. The largest absolute Gasteiger partial charge is 0.366 e. The van der Waals surface area contributed by atoms with Gasteiger partial charge in [0.25, 0.3) is 0 Å². The number of rotatable bonds is 5. The first-order chi connectivity index (χ1) is 11.2. The van der Waals surface area contributed by atoms with Crippen LogP contribution in [0.5, 0.6) is 0 Å². The molecule has 1 aromatic carbocycles. The van der Waals surface area contributed by atoms with Crippen molar-refractivity contribution in [2.45, 2.75) is 13.5 Å². The van der Waals surface area contributed by atoms with E-state index >= 15 is 0 Å². The second kappa shape index (κ2) is 7.19. The molecule has 0 saturated heterocycles. The molecule has 0 radical (unpaired) electrons. The molecule has 0 fully saturated rings. The van der Waals surface area contributed by atoms with Crippen LogP contribution in [0.2, 0.25) is 0 Å². The molecule has 0 aliphatic heterocycles. The smallest absolute Gasteiger partial charge is 0.136 e. The minimum atomic E-state index is 0.665. The van der Waals surface area contributed by atoms with Gasteiger partial charge in [0.15, 0.2) is 0 Å². The molecule has 6 heteroatoms. The molecule has 0 unspecified atom stereocenters. The number of aryl methyl sites for hydroxylation is 1. The van der Waals surface area contributed by atoms with Crippen LogP contribution in [0.3, 0.4) is 0 Å². The summed E-state index contributed by atoms with van der Waals surface area (Å²) in [5, 5.41) is 6.60. The Kier molecular flexibility index (Phi) is 4.83. The standard InChI is InChI=1S/C17H16BrN5/c1-12-21-16(20-11-13-5-4-8-19-10-13)9-17(22-12)23-15-7-3-2-6-14(15)18/h2-10H,11H2,1H3,(H2,20,21,22,23). The third-order valence-electron chi connectivity index (χ3n) is 3.17. The predicted molar refractivity (Wildman–Crippen MR) is 95.8 cm³/mol. The van der Waals surface area contributed by atoms with Crippen molar-refractivity contribution in [1.82, 2.24) is 15.0 Å². The van der Waals surface area contributed by atoms with Gasteiger partial charge in [-0.05, 0) is 46.6 Å². The molecule has 0 saturated carbocycles. The number of hydrogen-bond donors (Lipinski definition) is 2. The van der Waals surface area contributed by atoms with Crippen LogP contribution < -0.4 is 10.6 Å². The maximum atomic E-state index is 4.43. The lowest BCUT2D eigenvalue weighted by molar-refractivity contribution is 1.02. The van der Waals surface area contributed by atoms with Crippen LogP contribution >= 0.6 is 15.9 Å². The molecular weight excluding hydrogens is 354 g/mol. The Labute approximate surface area is 143 Å². The predicted octanol–water partition coefficient (Wildman–Crippen LogP) is 4.30. The van der Waals surface area contributed by atoms with Crippen molar-refractivity contribution in [3.05, 3.63) is 70.7 Å². The van der Waals surface area contributed by atoms with Gasteiger partial charge in [-0.1, -0.05) is 18.2 Å². The number of benzene rings is 1. The maximum Gasteiger partial charge on any atom is 0.136 e. The average molecular weight is 370 g/mol. The van der Waals surface area contributed by atoms with E-state index in [0.29, 0.717) is 12.4 Å². The van der Waals surface area contributed by atoms with Crippen molar-refractivity contribution in [1.29, 1.82) is 0 Å². The van der Waals surface area contributed by atoms with Crippen molar-refractivity contribution in [3.63, 3.8) is 0 Å². The van der Waals surface area contributed by atoms with Gasteiger partial charge >= 0.3 is 0 Å². The summed E-state index contributed by atoms with van der Waals surface area (Å²) < 4.78 is 0.987. The Hall–Kier alpha value is -2.47. The van der Waals surface area contributed by atoms with Gasteiger partial charge in [-0.2, -0.15) is 0 Å². The van der Waals surface area contributed by atoms with E-state index in [9.17, 15) is 0 Å². The van der Waals surface area contributed by atoms with Crippen LogP contribution in [-0.4, -0.2) is 15.0 Å². The summed E-state index contributed by atoms with van der Waals surface area (Å²) in [5.74, 6) is 2.23. The number of pyridine rings is 1. The third kappa shape index (κ3) is 4.26. The van der Waals surface area contributed by atoms with Gasteiger partial charge in [-0.25, -0.2) is 9.97 Å². The second-order valence-corrected chi connectivity index (χ2v) is 5.86. The number of hydrogen-bond acceptors (Lipinski definition) is 5. The first kappa shape index (κ1) is 15.4. The Morgan fingerprint density at radius 2 is 1.87 bits per heavy atom. The summed E-state index contributed by atoms with van der Waals surface area (Å²) >= 11 is 3.52. The van der Waals surface area contributed by atoms with Gasteiger partial charge < -0.3 is 10.6 Å². The van der Waals surface area contributed by atoms with E-state index in [4.69, 9.17) is 0 Å². The van der Waals surface area contributed by atoms with Crippen LogP contribution in [0.15, 0.2) is 59.3 Å². The molecule has 3 rings (SSSR count). The quantitative estimate of drug-likeness (QED) is 0.701. The molecule has 116 valence electrons. The molecule has 0 aliphatic rings. The zero-order valence-electron chi connectivity index (χ0n) is 12.6. The summed E-state index contributed by atoms with van der Waals surface area (Å²) in [7, 11) is 0. The summed E-state index contributed by atoms with van der Waals surface area (Å²) in [5.41, 5.74) is 2.06. The minimum Gasteiger partial charge on any atom is -0.366 e. The molecule has 2 heterocycles. The highest BCUT2D eigenvalue weighted by Crippen LogP contribution is 2.25. The highest BCUT2D eigenvalue weighted by atomic mass is 79.9. The zero-order valence-corrected chi connectivity index (χ0v) is 14.2. The van der Waals surface area contributed by atoms with E-state index in [0.717, 1.165) is 27.4 Å². The van der Waals surface area contributed by atoms with E-state index in [1.54, 1.807) is 6.20 Å². The van der Waals surface area contributed by atoms with Crippen LogP contribution in [0, 0.1) is 6.92 Å². The fourth-order valence-electron chi connectivity index (χ4n) is 2.12. The Balaban J connectivity index is 1.75. The van der Waals surface area contributed by atoms with E-state index in [2.05, 4.69) is 41.5 Å². The molecule has 2 aromatic heterocycles. The van der Waals surface area contributed by atoms with Gasteiger partial charge in [0.2, 0.25) is 0 Å².